The average Bonchev–Trinajstić information content (AvgIpc) is 3.03. The number of hydrogen-bond acceptors (Lipinski definition) is 4. The molecule has 2 unspecified atom stereocenters. The normalized spacial score (nSPS) is 36.6. The molecule has 2 atom stereocenters. The smallest absolute Gasteiger partial charge is 0.184 e. The lowest BCUT2D eigenvalue weighted by atomic mass is 9.71. The molecule has 0 radical (unpaired) electrons. The van der Waals surface area contributed by atoms with Crippen LogP contribution in [0.15, 0.2) is 24.3 Å². The van der Waals surface area contributed by atoms with E-state index >= 15 is 0 Å². The first-order valence-corrected chi connectivity index (χ1v) is 8.44. The van der Waals surface area contributed by atoms with Gasteiger partial charge in [-0.1, -0.05) is 30.7 Å². The van der Waals surface area contributed by atoms with Crippen LogP contribution in [0.5, 0.6) is 0 Å². The molecule has 0 aliphatic carbocycles. The van der Waals surface area contributed by atoms with Crippen LogP contribution < -0.4 is 0 Å². The molecule has 1 aromatic rings. The molecule has 0 spiro atoms. The number of rotatable bonds is 2. The lowest BCUT2D eigenvalue weighted by Crippen LogP contribution is -2.55. The molecule has 4 heteroatoms. The second-order valence-electron chi connectivity index (χ2n) is 7.00. The summed E-state index contributed by atoms with van der Waals surface area (Å²) in [5, 5.41) is 11.5. The standard InChI is InChI=1S/C18H25NO3/c1-19-13-5-4-6-14(19)12-18(20,11-13)16-8-3-2-7-15(16)17-21-9-10-22-17/h2-3,7-8,13-14,17,20H,4-6,9-12H2,1H3. The Morgan fingerprint density at radius 3 is 2.41 bits per heavy atom. The molecule has 0 saturated carbocycles. The van der Waals surface area contributed by atoms with Crippen molar-refractivity contribution < 1.29 is 14.6 Å². The topological polar surface area (TPSA) is 41.9 Å². The lowest BCUT2D eigenvalue weighted by molar-refractivity contribution is -0.0936. The van der Waals surface area contributed by atoms with Crippen LogP contribution >= 0.6 is 0 Å². The Balaban J connectivity index is 1.69. The first-order chi connectivity index (χ1) is 10.7. The fraction of sp³-hybridized carbons (Fsp3) is 0.667. The molecule has 4 nitrogen and oxygen atoms in total. The highest BCUT2D eigenvalue weighted by molar-refractivity contribution is 5.35. The Hall–Kier alpha value is -0.940. The summed E-state index contributed by atoms with van der Waals surface area (Å²) in [5.41, 5.74) is 1.26. The fourth-order valence-corrected chi connectivity index (χ4v) is 4.53. The summed E-state index contributed by atoms with van der Waals surface area (Å²) in [6.07, 6.45) is 4.96. The van der Waals surface area contributed by atoms with E-state index < -0.39 is 5.60 Å². The van der Waals surface area contributed by atoms with Gasteiger partial charge in [0.05, 0.1) is 18.8 Å². The third-order valence-corrected chi connectivity index (χ3v) is 5.71. The van der Waals surface area contributed by atoms with Gasteiger partial charge in [-0.3, -0.25) is 0 Å². The highest BCUT2D eigenvalue weighted by atomic mass is 16.7. The number of benzene rings is 1. The van der Waals surface area contributed by atoms with Crippen molar-refractivity contribution in [1.82, 2.24) is 4.90 Å². The number of fused-ring (bicyclic) bond motifs is 2. The van der Waals surface area contributed by atoms with Crippen LogP contribution in [0, 0.1) is 0 Å². The third-order valence-electron chi connectivity index (χ3n) is 5.71. The molecule has 22 heavy (non-hydrogen) atoms. The molecule has 120 valence electrons. The zero-order valence-corrected chi connectivity index (χ0v) is 13.2. The summed E-state index contributed by atoms with van der Waals surface area (Å²) in [6.45, 7) is 1.26. The van der Waals surface area contributed by atoms with Gasteiger partial charge in [0.2, 0.25) is 0 Å². The van der Waals surface area contributed by atoms with Crippen molar-refractivity contribution in [1.29, 1.82) is 0 Å². The zero-order chi connectivity index (χ0) is 15.2. The quantitative estimate of drug-likeness (QED) is 0.912. The van der Waals surface area contributed by atoms with Gasteiger partial charge in [-0.25, -0.2) is 0 Å². The lowest BCUT2D eigenvalue weighted by Gasteiger charge is -2.51. The van der Waals surface area contributed by atoms with E-state index in [0.717, 1.165) is 24.0 Å². The van der Waals surface area contributed by atoms with E-state index in [2.05, 4.69) is 18.0 Å². The van der Waals surface area contributed by atoms with Crippen LogP contribution in [0.2, 0.25) is 0 Å². The molecule has 3 aliphatic rings. The summed E-state index contributed by atoms with van der Waals surface area (Å²) in [4.78, 5) is 2.48. The van der Waals surface area contributed by atoms with Gasteiger partial charge in [-0.15, -0.1) is 0 Å². The van der Waals surface area contributed by atoms with Gasteiger partial charge in [-0.2, -0.15) is 0 Å². The second kappa shape index (κ2) is 5.60. The largest absolute Gasteiger partial charge is 0.385 e. The molecule has 3 saturated heterocycles. The maximum Gasteiger partial charge on any atom is 0.184 e. The molecule has 0 aromatic heterocycles. The Morgan fingerprint density at radius 1 is 1.09 bits per heavy atom. The van der Waals surface area contributed by atoms with E-state index in [4.69, 9.17) is 9.47 Å². The summed E-state index contributed by atoms with van der Waals surface area (Å²) in [6, 6.07) is 9.08. The van der Waals surface area contributed by atoms with Crippen LogP contribution in [0.3, 0.4) is 0 Å². The average molecular weight is 303 g/mol. The molecule has 3 fully saturated rings. The van der Waals surface area contributed by atoms with Crippen molar-refractivity contribution in [2.45, 2.75) is 56.1 Å². The predicted molar refractivity (Wildman–Crippen MR) is 83.4 cm³/mol. The van der Waals surface area contributed by atoms with Gasteiger partial charge in [0.25, 0.3) is 0 Å². The number of nitrogens with zero attached hydrogens (tertiary/aromatic N) is 1. The molecule has 3 heterocycles. The second-order valence-corrected chi connectivity index (χ2v) is 7.00. The molecule has 3 aliphatic heterocycles. The van der Waals surface area contributed by atoms with Crippen LogP contribution in [-0.2, 0) is 15.1 Å². The van der Waals surface area contributed by atoms with Crippen LogP contribution in [0.4, 0.5) is 0 Å². The summed E-state index contributed by atoms with van der Waals surface area (Å²) in [5.74, 6) is 0. The van der Waals surface area contributed by atoms with E-state index in [1.165, 1.54) is 19.3 Å². The van der Waals surface area contributed by atoms with Crippen molar-refractivity contribution in [3.63, 3.8) is 0 Å². The monoisotopic (exact) mass is 303 g/mol. The van der Waals surface area contributed by atoms with Gasteiger partial charge >= 0.3 is 0 Å². The third kappa shape index (κ3) is 2.38. The predicted octanol–water partition coefficient (Wildman–Crippen LogP) is 2.57. The van der Waals surface area contributed by atoms with E-state index in [0.29, 0.717) is 25.3 Å². The minimum Gasteiger partial charge on any atom is -0.385 e. The highest BCUT2D eigenvalue weighted by Crippen LogP contribution is 2.45. The molecule has 2 bridgehead atoms. The Labute approximate surface area is 132 Å². The minimum absolute atomic E-state index is 0.320. The van der Waals surface area contributed by atoms with E-state index in [9.17, 15) is 5.11 Å². The zero-order valence-electron chi connectivity index (χ0n) is 13.2. The number of hydrogen-bond donors (Lipinski definition) is 1. The SMILES string of the molecule is CN1C2CCCC1CC(O)(c1ccccc1C1OCCO1)C2. The Kier molecular flexibility index (Phi) is 3.73. The van der Waals surface area contributed by atoms with Gasteiger partial charge in [0.1, 0.15) is 0 Å². The fourth-order valence-electron chi connectivity index (χ4n) is 4.53. The molecule has 0 amide bonds. The van der Waals surface area contributed by atoms with E-state index in [-0.39, 0.29) is 6.29 Å². The number of piperidine rings is 2. The van der Waals surface area contributed by atoms with Crippen LogP contribution in [0.1, 0.15) is 49.5 Å². The van der Waals surface area contributed by atoms with Crippen molar-refractivity contribution >= 4 is 0 Å². The molecule has 1 N–H and O–H groups in total. The van der Waals surface area contributed by atoms with Crippen molar-refractivity contribution in [3.05, 3.63) is 35.4 Å². The first kappa shape index (κ1) is 14.6. The van der Waals surface area contributed by atoms with E-state index in [1.54, 1.807) is 0 Å². The Morgan fingerprint density at radius 2 is 1.73 bits per heavy atom. The molecule has 4 rings (SSSR count). The summed E-state index contributed by atoms with van der Waals surface area (Å²) >= 11 is 0. The van der Waals surface area contributed by atoms with Gasteiger partial charge in [-0.05, 0) is 38.3 Å². The maximum absolute atomic E-state index is 11.5. The number of aliphatic hydroxyl groups is 1. The molecule has 1 aromatic carbocycles. The summed E-state index contributed by atoms with van der Waals surface area (Å²) in [7, 11) is 2.21. The molecular weight excluding hydrogens is 278 g/mol. The van der Waals surface area contributed by atoms with Crippen molar-refractivity contribution in [3.8, 4) is 0 Å². The van der Waals surface area contributed by atoms with Gasteiger partial charge in [0.15, 0.2) is 6.29 Å². The van der Waals surface area contributed by atoms with Crippen molar-refractivity contribution in [2.24, 2.45) is 0 Å². The first-order valence-electron chi connectivity index (χ1n) is 8.44. The Bertz CT molecular complexity index is 527. The number of ether oxygens (including phenoxy) is 2. The van der Waals surface area contributed by atoms with Gasteiger partial charge < -0.3 is 19.5 Å². The maximum atomic E-state index is 11.5. The van der Waals surface area contributed by atoms with Crippen LogP contribution in [-0.4, -0.2) is 42.4 Å². The highest BCUT2D eigenvalue weighted by Gasteiger charge is 2.46. The van der Waals surface area contributed by atoms with E-state index in [1.807, 2.05) is 18.2 Å². The van der Waals surface area contributed by atoms with Crippen molar-refractivity contribution in [2.75, 3.05) is 20.3 Å². The minimum atomic E-state index is -0.756. The van der Waals surface area contributed by atoms with Gasteiger partial charge in [0, 0.05) is 17.6 Å². The van der Waals surface area contributed by atoms with Crippen LogP contribution in [0.25, 0.3) is 0 Å². The summed E-state index contributed by atoms with van der Waals surface area (Å²) < 4.78 is 11.4. The molecular formula is C18H25NO3.